The summed E-state index contributed by atoms with van der Waals surface area (Å²) in [5, 5.41) is 2.99. The van der Waals surface area contributed by atoms with Crippen molar-refractivity contribution in [3.05, 3.63) is 84.4 Å². The molecule has 0 unspecified atom stereocenters. The van der Waals surface area contributed by atoms with Crippen LogP contribution in [0, 0.1) is 0 Å². The van der Waals surface area contributed by atoms with Gasteiger partial charge >= 0.3 is 6.03 Å². The van der Waals surface area contributed by atoms with Crippen molar-refractivity contribution in [2.45, 2.75) is 32.6 Å². The summed E-state index contributed by atoms with van der Waals surface area (Å²) in [6.45, 7) is 7.61. The molecule has 0 heterocycles. The van der Waals surface area contributed by atoms with Crippen molar-refractivity contribution in [3.8, 4) is 5.75 Å². The van der Waals surface area contributed by atoms with E-state index in [1.54, 1.807) is 17.0 Å². The second kappa shape index (κ2) is 10.0. The van der Waals surface area contributed by atoms with Gasteiger partial charge < -0.3 is 15.8 Å². The van der Waals surface area contributed by atoms with E-state index in [1.807, 2.05) is 54.6 Å². The number of hydrogen-bond acceptors (Lipinski definition) is 3. The van der Waals surface area contributed by atoms with Gasteiger partial charge in [0.15, 0.2) is 0 Å². The summed E-state index contributed by atoms with van der Waals surface area (Å²) >= 11 is 0. The van der Waals surface area contributed by atoms with E-state index in [1.165, 1.54) is 5.56 Å². The Bertz CT molecular complexity index is 962. The maximum atomic E-state index is 12.9. The summed E-state index contributed by atoms with van der Waals surface area (Å²) in [5.41, 5.74) is 9.40. The minimum absolute atomic E-state index is 0.123. The topological polar surface area (TPSA) is 67.6 Å². The Labute approximate surface area is 184 Å². The zero-order valence-corrected chi connectivity index (χ0v) is 18.5. The summed E-state index contributed by atoms with van der Waals surface area (Å²) < 4.78 is 5.82. The van der Waals surface area contributed by atoms with Crippen LogP contribution < -0.4 is 20.7 Å². The molecule has 0 aromatic heterocycles. The van der Waals surface area contributed by atoms with Crippen LogP contribution in [-0.4, -0.2) is 19.2 Å². The zero-order valence-electron chi connectivity index (χ0n) is 18.5. The van der Waals surface area contributed by atoms with Gasteiger partial charge in [-0.05, 0) is 65.9 Å². The molecule has 0 fully saturated rings. The van der Waals surface area contributed by atoms with E-state index < -0.39 is 0 Å². The van der Waals surface area contributed by atoms with Gasteiger partial charge in [0.25, 0.3) is 0 Å². The Morgan fingerprint density at radius 3 is 2.13 bits per heavy atom. The molecule has 3 N–H and O–H groups in total. The van der Waals surface area contributed by atoms with Gasteiger partial charge in [0, 0.05) is 12.2 Å². The second-order valence-corrected chi connectivity index (χ2v) is 8.47. The maximum absolute atomic E-state index is 12.9. The summed E-state index contributed by atoms with van der Waals surface area (Å²) in [4.78, 5) is 14.6. The smallest absolute Gasteiger partial charge is 0.326 e. The summed E-state index contributed by atoms with van der Waals surface area (Å²) in [6, 6.07) is 24.8. The number of benzene rings is 3. The first kappa shape index (κ1) is 22.2. The average molecular weight is 418 g/mol. The molecule has 5 heteroatoms. The Balaban J connectivity index is 1.53. The van der Waals surface area contributed by atoms with Crippen molar-refractivity contribution in [1.29, 1.82) is 0 Å². The lowest BCUT2D eigenvalue weighted by Gasteiger charge is -2.23. The number of amides is 2. The molecule has 2 amide bonds. The molecular weight excluding hydrogens is 386 g/mol. The van der Waals surface area contributed by atoms with E-state index in [0.717, 1.165) is 17.1 Å². The molecule has 5 nitrogen and oxygen atoms in total. The monoisotopic (exact) mass is 417 g/mol. The minimum atomic E-state index is -0.189. The predicted octanol–water partition coefficient (Wildman–Crippen LogP) is 5.88. The van der Waals surface area contributed by atoms with Gasteiger partial charge in [-0.2, -0.15) is 0 Å². The van der Waals surface area contributed by atoms with Crippen molar-refractivity contribution < 1.29 is 9.53 Å². The fourth-order valence-electron chi connectivity index (χ4n) is 3.17. The van der Waals surface area contributed by atoms with E-state index >= 15 is 0 Å². The SMILES string of the molecule is CC(C)(C)c1ccc(OCCCNC(=O)N(c2ccccc2)c2ccc(N)cc2)cc1. The van der Waals surface area contributed by atoms with Crippen LogP contribution in [0.2, 0.25) is 0 Å². The average Bonchev–Trinajstić information content (AvgIpc) is 2.75. The number of nitrogens with two attached hydrogens (primary N) is 1. The number of ether oxygens (including phenoxy) is 1. The van der Waals surface area contributed by atoms with Gasteiger partial charge in [0.05, 0.1) is 18.0 Å². The quantitative estimate of drug-likeness (QED) is 0.372. The number of nitrogen functional groups attached to an aromatic ring is 1. The van der Waals surface area contributed by atoms with E-state index in [2.05, 4.69) is 38.2 Å². The molecule has 3 rings (SSSR count). The number of para-hydroxylation sites is 1. The molecule has 0 bridgehead atoms. The Kier molecular flexibility index (Phi) is 7.19. The lowest BCUT2D eigenvalue weighted by Crippen LogP contribution is -2.37. The minimum Gasteiger partial charge on any atom is -0.494 e. The number of hydrogen-bond donors (Lipinski definition) is 2. The molecule has 0 aliphatic rings. The summed E-state index contributed by atoms with van der Waals surface area (Å²) in [6.07, 6.45) is 0.705. The molecular formula is C26H31N3O2. The van der Waals surface area contributed by atoms with Gasteiger partial charge in [-0.1, -0.05) is 51.1 Å². The van der Waals surface area contributed by atoms with Crippen molar-refractivity contribution in [2.24, 2.45) is 0 Å². The number of urea groups is 1. The highest BCUT2D eigenvalue weighted by Gasteiger charge is 2.17. The lowest BCUT2D eigenvalue weighted by atomic mass is 9.87. The highest BCUT2D eigenvalue weighted by atomic mass is 16.5. The molecule has 162 valence electrons. The van der Waals surface area contributed by atoms with Crippen LogP contribution in [0.15, 0.2) is 78.9 Å². The Hall–Kier alpha value is -3.47. The number of carbonyl (C=O) groups excluding carboxylic acids is 1. The Morgan fingerprint density at radius 2 is 1.52 bits per heavy atom. The van der Waals surface area contributed by atoms with E-state index in [4.69, 9.17) is 10.5 Å². The number of nitrogens with one attached hydrogen (secondary N) is 1. The number of rotatable bonds is 7. The van der Waals surface area contributed by atoms with Crippen molar-refractivity contribution in [1.82, 2.24) is 5.32 Å². The number of carbonyl (C=O) groups is 1. The van der Waals surface area contributed by atoms with Gasteiger partial charge in [-0.25, -0.2) is 4.79 Å². The van der Waals surface area contributed by atoms with E-state index in [9.17, 15) is 4.79 Å². The molecule has 0 saturated heterocycles. The summed E-state index contributed by atoms with van der Waals surface area (Å²) in [5.74, 6) is 0.840. The van der Waals surface area contributed by atoms with Crippen molar-refractivity contribution >= 4 is 23.1 Å². The van der Waals surface area contributed by atoms with Crippen LogP contribution >= 0.6 is 0 Å². The van der Waals surface area contributed by atoms with Gasteiger partial charge in [-0.3, -0.25) is 4.90 Å². The molecule has 3 aromatic carbocycles. The first-order valence-electron chi connectivity index (χ1n) is 10.6. The first-order chi connectivity index (χ1) is 14.8. The molecule has 0 aliphatic heterocycles. The van der Waals surface area contributed by atoms with Crippen LogP contribution in [0.4, 0.5) is 21.9 Å². The molecule has 0 aliphatic carbocycles. The second-order valence-electron chi connectivity index (χ2n) is 8.47. The Morgan fingerprint density at radius 1 is 0.903 bits per heavy atom. The van der Waals surface area contributed by atoms with Gasteiger partial charge in [-0.15, -0.1) is 0 Å². The van der Waals surface area contributed by atoms with Crippen LogP contribution in [0.1, 0.15) is 32.8 Å². The molecule has 0 atom stereocenters. The highest BCUT2D eigenvalue weighted by molar-refractivity contribution is 5.99. The van der Waals surface area contributed by atoms with E-state index in [0.29, 0.717) is 25.3 Å². The third kappa shape index (κ3) is 6.25. The molecule has 31 heavy (non-hydrogen) atoms. The number of anilines is 3. The standard InChI is InChI=1S/C26H31N3O2/c1-26(2,3)20-10-16-24(17-11-20)31-19-7-18-28-25(30)29(22-8-5-4-6-9-22)23-14-12-21(27)13-15-23/h4-6,8-17H,7,18-19,27H2,1-3H3,(H,28,30). The van der Waals surface area contributed by atoms with Crippen molar-refractivity contribution in [2.75, 3.05) is 23.8 Å². The lowest BCUT2D eigenvalue weighted by molar-refractivity contribution is 0.246. The zero-order chi connectivity index (χ0) is 22.3. The van der Waals surface area contributed by atoms with E-state index in [-0.39, 0.29) is 11.4 Å². The molecule has 0 saturated carbocycles. The third-order valence-corrected chi connectivity index (χ3v) is 4.96. The van der Waals surface area contributed by atoms with Crippen molar-refractivity contribution in [3.63, 3.8) is 0 Å². The van der Waals surface area contributed by atoms with Gasteiger partial charge in [0.2, 0.25) is 0 Å². The van der Waals surface area contributed by atoms with Crippen LogP contribution in [0.3, 0.4) is 0 Å². The fraction of sp³-hybridized carbons (Fsp3) is 0.269. The largest absolute Gasteiger partial charge is 0.494 e. The summed E-state index contributed by atoms with van der Waals surface area (Å²) in [7, 11) is 0. The highest BCUT2D eigenvalue weighted by Crippen LogP contribution is 2.26. The molecule has 3 aromatic rings. The third-order valence-electron chi connectivity index (χ3n) is 4.96. The van der Waals surface area contributed by atoms with Crippen LogP contribution in [0.5, 0.6) is 5.75 Å². The predicted molar refractivity (Wildman–Crippen MR) is 128 cm³/mol. The normalized spacial score (nSPS) is 11.1. The maximum Gasteiger partial charge on any atom is 0.326 e. The molecule has 0 spiro atoms. The number of nitrogens with zero attached hydrogens (tertiary/aromatic N) is 1. The fourth-order valence-corrected chi connectivity index (χ4v) is 3.17. The first-order valence-corrected chi connectivity index (χ1v) is 10.6. The van der Waals surface area contributed by atoms with Crippen LogP contribution in [0.25, 0.3) is 0 Å². The van der Waals surface area contributed by atoms with Gasteiger partial charge in [0.1, 0.15) is 5.75 Å². The van der Waals surface area contributed by atoms with Crippen LogP contribution in [-0.2, 0) is 5.41 Å². The molecule has 0 radical (unpaired) electrons.